The molecule has 10 heteroatoms. The Morgan fingerprint density at radius 2 is 0.914 bits per heavy atom. The predicted octanol–water partition coefficient (Wildman–Crippen LogP) is 11.3. The van der Waals surface area contributed by atoms with Crippen LogP contribution in [0.5, 0.6) is 0 Å². The molecule has 0 aliphatic rings. The van der Waals surface area contributed by atoms with Crippen LogP contribution in [-0.4, -0.2) is 70.0 Å². The van der Waals surface area contributed by atoms with Crippen molar-refractivity contribution in [2.75, 3.05) is 47.5 Å². The first-order valence-electron chi connectivity index (χ1n) is 20.9. The highest BCUT2D eigenvalue weighted by Crippen LogP contribution is 2.38. The third kappa shape index (κ3) is 41.8. The molecule has 0 spiro atoms. The van der Waals surface area contributed by atoms with Crippen molar-refractivity contribution >= 4 is 19.8 Å². The monoisotopic (exact) mass is 824 g/mol. The van der Waals surface area contributed by atoms with Crippen LogP contribution in [0.2, 0.25) is 0 Å². The van der Waals surface area contributed by atoms with Crippen LogP contribution in [0.15, 0.2) is 134 Å². The van der Waals surface area contributed by atoms with Crippen molar-refractivity contribution in [2.45, 2.75) is 110 Å². The molecule has 58 heavy (non-hydrogen) atoms. The number of phosphoric ester groups is 1. The summed E-state index contributed by atoms with van der Waals surface area (Å²) in [6.07, 6.45) is 55.3. The SMILES string of the molecule is CC/C=C\C/C=C\C/C=C\C/C=C\C/C=C\C/C=C\CCC(=O)OC(COC(=O)C/C=C\C/C=C\C/C=C\C/C=C\C/C=C\CC)COP(=O)([O-])OCC[N+](C)(C)C. The van der Waals surface area contributed by atoms with Crippen LogP contribution in [0, 0.1) is 0 Å². The normalized spacial score (nSPS) is 14.9. The van der Waals surface area contributed by atoms with E-state index in [0.717, 1.165) is 64.2 Å². The number of carbonyl (C=O) groups excluding carboxylic acids is 2. The van der Waals surface area contributed by atoms with Crippen molar-refractivity contribution in [1.29, 1.82) is 0 Å². The summed E-state index contributed by atoms with van der Waals surface area (Å²) >= 11 is 0. The fraction of sp³-hybridized carbons (Fsp3) is 0.500. The van der Waals surface area contributed by atoms with Gasteiger partial charge in [0.15, 0.2) is 6.10 Å². The number of quaternary nitrogens is 1. The van der Waals surface area contributed by atoms with Crippen LogP contribution >= 0.6 is 7.82 Å². The first-order chi connectivity index (χ1) is 28.0. The Morgan fingerprint density at radius 3 is 1.31 bits per heavy atom. The van der Waals surface area contributed by atoms with Gasteiger partial charge in [0, 0.05) is 6.42 Å². The highest BCUT2D eigenvalue weighted by atomic mass is 31.2. The van der Waals surface area contributed by atoms with Crippen LogP contribution in [-0.2, 0) is 32.7 Å². The lowest BCUT2D eigenvalue weighted by atomic mass is 10.2. The van der Waals surface area contributed by atoms with Gasteiger partial charge in [-0.25, -0.2) is 0 Å². The second kappa shape index (κ2) is 38.7. The highest BCUT2D eigenvalue weighted by molar-refractivity contribution is 7.45. The van der Waals surface area contributed by atoms with Gasteiger partial charge in [-0.2, -0.15) is 0 Å². The van der Waals surface area contributed by atoms with Gasteiger partial charge in [0.1, 0.15) is 19.8 Å². The zero-order chi connectivity index (χ0) is 42.8. The van der Waals surface area contributed by atoms with E-state index < -0.39 is 32.5 Å². The van der Waals surface area contributed by atoms with E-state index in [9.17, 15) is 19.0 Å². The summed E-state index contributed by atoms with van der Waals surface area (Å²) in [5, 5.41) is 0. The van der Waals surface area contributed by atoms with E-state index in [1.165, 1.54) is 0 Å². The number of allylic oxidation sites excluding steroid dienone is 21. The fourth-order valence-corrected chi connectivity index (χ4v) is 5.24. The molecule has 0 radical (unpaired) electrons. The molecule has 0 fully saturated rings. The van der Waals surface area contributed by atoms with Gasteiger partial charge in [0.25, 0.3) is 7.82 Å². The molecule has 0 saturated carbocycles. The molecule has 0 N–H and O–H groups in total. The Balaban J connectivity index is 4.68. The molecule has 0 aromatic heterocycles. The summed E-state index contributed by atoms with van der Waals surface area (Å²) in [6, 6.07) is 0. The summed E-state index contributed by atoms with van der Waals surface area (Å²) in [7, 11) is 1.04. The lowest BCUT2D eigenvalue weighted by molar-refractivity contribution is -0.870. The average Bonchev–Trinajstić information content (AvgIpc) is 3.17. The van der Waals surface area contributed by atoms with Gasteiger partial charge in [-0.3, -0.25) is 14.2 Å². The molecule has 0 aliphatic heterocycles. The minimum absolute atomic E-state index is 0.0198. The van der Waals surface area contributed by atoms with Crippen LogP contribution in [0.25, 0.3) is 0 Å². The molecular formula is C48H74NO8P. The number of nitrogens with zero attached hydrogens (tertiary/aromatic N) is 1. The molecule has 0 aromatic carbocycles. The first-order valence-corrected chi connectivity index (χ1v) is 22.4. The first kappa shape index (κ1) is 54.2. The van der Waals surface area contributed by atoms with Crippen molar-refractivity contribution in [2.24, 2.45) is 0 Å². The van der Waals surface area contributed by atoms with E-state index in [1.54, 1.807) is 6.08 Å². The number of likely N-dealkylation sites (N-methyl/N-ethyl adjacent to an activating group) is 1. The van der Waals surface area contributed by atoms with Crippen LogP contribution < -0.4 is 4.89 Å². The van der Waals surface area contributed by atoms with E-state index in [2.05, 4.69) is 117 Å². The Labute approximate surface area is 351 Å². The third-order valence-electron chi connectivity index (χ3n) is 7.71. The van der Waals surface area contributed by atoms with Gasteiger partial charge in [-0.1, -0.05) is 148 Å². The molecule has 0 aliphatic carbocycles. The van der Waals surface area contributed by atoms with Gasteiger partial charge in [-0.05, 0) is 77.0 Å². The van der Waals surface area contributed by atoms with E-state index in [0.29, 0.717) is 23.9 Å². The van der Waals surface area contributed by atoms with Gasteiger partial charge in [-0.15, -0.1) is 0 Å². The molecular weight excluding hydrogens is 750 g/mol. The van der Waals surface area contributed by atoms with E-state index >= 15 is 0 Å². The maximum atomic E-state index is 12.6. The van der Waals surface area contributed by atoms with Gasteiger partial charge < -0.3 is 27.9 Å². The molecule has 324 valence electrons. The molecule has 0 heterocycles. The van der Waals surface area contributed by atoms with E-state index in [1.807, 2.05) is 45.4 Å². The molecule has 0 bridgehead atoms. The number of ether oxygens (including phenoxy) is 2. The largest absolute Gasteiger partial charge is 0.756 e. The minimum Gasteiger partial charge on any atom is -0.756 e. The van der Waals surface area contributed by atoms with Gasteiger partial charge in [0.2, 0.25) is 0 Å². The molecule has 9 nitrogen and oxygen atoms in total. The smallest absolute Gasteiger partial charge is 0.309 e. The second-order valence-corrected chi connectivity index (χ2v) is 15.7. The van der Waals surface area contributed by atoms with E-state index in [-0.39, 0.29) is 26.1 Å². The zero-order valence-corrected chi connectivity index (χ0v) is 37.1. The number of rotatable bonds is 35. The van der Waals surface area contributed by atoms with Crippen molar-refractivity contribution in [1.82, 2.24) is 0 Å². The Kier molecular flexibility index (Phi) is 36.1. The second-order valence-electron chi connectivity index (χ2n) is 14.3. The Bertz CT molecular complexity index is 1440. The molecule has 0 saturated heterocycles. The number of phosphoric acid groups is 1. The summed E-state index contributed by atoms with van der Waals surface area (Å²) in [4.78, 5) is 37.4. The molecule has 0 aromatic rings. The van der Waals surface area contributed by atoms with Gasteiger partial charge in [0.05, 0.1) is 34.2 Å². The quantitative estimate of drug-likeness (QED) is 0.0269. The molecule has 0 rings (SSSR count). The highest BCUT2D eigenvalue weighted by Gasteiger charge is 2.21. The van der Waals surface area contributed by atoms with Crippen molar-refractivity contribution < 1.29 is 42.1 Å². The van der Waals surface area contributed by atoms with E-state index in [4.69, 9.17) is 18.5 Å². The van der Waals surface area contributed by atoms with Crippen molar-refractivity contribution in [3.63, 3.8) is 0 Å². The maximum Gasteiger partial charge on any atom is 0.309 e. The van der Waals surface area contributed by atoms with Crippen LogP contribution in [0.3, 0.4) is 0 Å². The van der Waals surface area contributed by atoms with Crippen LogP contribution in [0.4, 0.5) is 0 Å². The van der Waals surface area contributed by atoms with Crippen molar-refractivity contribution in [3.8, 4) is 0 Å². The number of hydrogen-bond acceptors (Lipinski definition) is 8. The van der Waals surface area contributed by atoms with Crippen molar-refractivity contribution in [3.05, 3.63) is 134 Å². The van der Waals surface area contributed by atoms with Gasteiger partial charge >= 0.3 is 11.9 Å². The fourth-order valence-electron chi connectivity index (χ4n) is 4.52. The maximum absolute atomic E-state index is 12.6. The summed E-state index contributed by atoms with van der Waals surface area (Å²) in [5.41, 5.74) is 0. The van der Waals surface area contributed by atoms with Crippen LogP contribution in [0.1, 0.15) is 104 Å². The lowest BCUT2D eigenvalue weighted by Crippen LogP contribution is -2.37. The molecule has 2 unspecified atom stereocenters. The summed E-state index contributed by atoms with van der Waals surface area (Å²) in [6.45, 7) is 3.74. The average molecular weight is 824 g/mol. The minimum atomic E-state index is -4.67. The Hall–Kier alpha value is -3.85. The zero-order valence-electron chi connectivity index (χ0n) is 36.2. The summed E-state index contributed by atoms with van der Waals surface area (Å²) < 4.78 is 33.6. The predicted molar refractivity (Wildman–Crippen MR) is 240 cm³/mol. The molecule has 2 atom stereocenters. The summed E-state index contributed by atoms with van der Waals surface area (Å²) in [5.74, 6) is -1.10. The number of hydrogen-bond donors (Lipinski definition) is 0. The number of carbonyl (C=O) groups is 2. The Morgan fingerprint density at radius 1 is 0.534 bits per heavy atom. The number of esters is 2. The molecule has 0 amide bonds. The standard InChI is InChI=1S/C48H74NO8P/c1-6-8-10-12-14-16-18-20-22-23-24-25-27-29-31-33-35-37-39-41-48(51)57-46(45-56-58(52,53)55-43-42-49(3,4)5)44-54-47(50)40-38-36-34-32-30-28-26-21-19-17-15-13-11-9-7-2/h8-11,14-17,20-22,24-26,29-32,35-38,46H,6-7,12-13,18-19,23,27-28,33-34,39-45H2,1-5H3/b10-8-,11-9-,16-14-,17-15-,22-20-,25-24-,26-21-,31-29-,32-30-,37-35-,38-36-. The topological polar surface area (TPSA) is 111 Å². The lowest BCUT2D eigenvalue weighted by Gasteiger charge is -2.28. The third-order valence-corrected chi connectivity index (χ3v) is 8.68.